The summed E-state index contributed by atoms with van der Waals surface area (Å²) < 4.78 is 58.8. The lowest BCUT2D eigenvalue weighted by molar-refractivity contribution is -0.140. The maximum Gasteiger partial charge on any atom is 0.419 e. The number of anilines is 1. The standard InChI is InChI=1S/C29H28F4N2O5/c1-40-23-9-4-15(12-24(36)37)11-20(23)27(38)35-26-18-7-6-17(19(18)10-14-2-3-14)25(26)28(39)34-16-5-8-22(30)21(13-16)29(31,32)33/h4-5,8-11,13-14,17-18,25-26H,2-3,6-7,12H2,1H3,(H,34,39)(H,35,38)(H,36,37)/b19-10-/t17-,18+,25-,26+/m0/s1. The number of hydrogen-bond acceptors (Lipinski definition) is 4. The average molecular weight is 561 g/mol. The summed E-state index contributed by atoms with van der Waals surface area (Å²) in [5.41, 5.74) is -0.0845. The van der Waals surface area contributed by atoms with E-state index in [4.69, 9.17) is 9.84 Å². The predicted molar refractivity (Wildman–Crippen MR) is 136 cm³/mol. The molecule has 7 nitrogen and oxygen atoms in total. The van der Waals surface area contributed by atoms with Crippen LogP contribution in [0.5, 0.6) is 5.75 Å². The van der Waals surface area contributed by atoms with Crippen molar-refractivity contribution in [3.05, 3.63) is 70.6 Å². The average Bonchev–Trinajstić information content (AvgIpc) is 3.56. The largest absolute Gasteiger partial charge is 0.496 e. The van der Waals surface area contributed by atoms with Gasteiger partial charge in [0.05, 0.1) is 30.6 Å². The highest BCUT2D eigenvalue weighted by Crippen LogP contribution is 2.54. The molecule has 3 fully saturated rings. The molecule has 4 atom stereocenters. The van der Waals surface area contributed by atoms with Gasteiger partial charge in [-0.05, 0) is 73.4 Å². The SMILES string of the molecule is COc1ccc(CC(=O)O)cc1C(=O)N[C@H]1[C@@H](C(=O)Nc2ccc(F)c(C(F)(F)F)c2)[C@H]2CC[C@@H]1/C2=C\C1CC1. The second kappa shape index (κ2) is 10.6. The number of aliphatic carboxylic acids is 1. The van der Waals surface area contributed by atoms with E-state index >= 15 is 0 Å². The van der Waals surface area contributed by atoms with Gasteiger partial charge < -0.3 is 20.5 Å². The van der Waals surface area contributed by atoms with Crippen molar-refractivity contribution in [2.75, 3.05) is 12.4 Å². The number of halogens is 4. The fourth-order valence-electron chi connectivity index (χ4n) is 6.05. The molecule has 3 aliphatic rings. The number of carboxylic acids is 1. The van der Waals surface area contributed by atoms with E-state index in [1.54, 1.807) is 6.07 Å². The minimum absolute atomic E-state index is 0.115. The molecule has 3 saturated carbocycles. The molecule has 3 aliphatic carbocycles. The summed E-state index contributed by atoms with van der Waals surface area (Å²) in [5, 5.41) is 14.6. The van der Waals surface area contributed by atoms with Crippen LogP contribution in [0.1, 0.15) is 47.2 Å². The number of carbonyl (C=O) groups is 3. The Morgan fingerprint density at radius 1 is 1.05 bits per heavy atom. The molecule has 0 heterocycles. The van der Waals surface area contributed by atoms with Crippen LogP contribution in [0.3, 0.4) is 0 Å². The normalized spacial score (nSPS) is 24.7. The maximum atomic E-state index is 13.8. The zero-order valence-corrected chi connectivity index (χ0v) is 21.6. The molecule has 0 saturated heterocycles. The minimum atomic E-state index is -4.93. The molecule has 212 valence electrons. The number of methoxy groups -OCH3 is 1. The van der Waals surface area contributed by atoms with Crippen LogP contribution in [-0.4, -0.2) is 36.0 Å². The maximum absolute atomic E-state index is 13.8. The summed E-state index contributed by atoms with van der Waals surface area (Å²) in [6, 6.07) is 6.13. The number of amides is 2. The number of carboxylic acid groups (broad SMARTS) is 1. The van der Waals surface area contributed by atoms with Crippen LogP contribution in [-0.2, 0) is 22.2 Å². The topological polar surface area (TPSA) is 105 Å². The molecule has 2 aromatic rings. The Hall–Kier alpha value is -3.89. The van der Waals surface area contributed by atoms with Crippen molar-refractivity contribution < 1.29 is 41.8 Å². The number of nitrogens with one attached hydrogen (secondary N) is 2. The van der Waals surface area contributed by atoms with E-state index in [1.807, 2.05) is 0 Å². The van der Waals surface area contributed by atoms with E-state index in [-0.39, 0.29) is 35.3 Å². The Morgan fingerprint density at radius 3 is 2.42 bits per heavy atom. The molecule has 0 radical (unpaired) electrons. The Morgan fingerprint density at radius 2 is 1.77 bits per heavy atom. The van der Waals surface area contributed by atoms with Gasteiger partial charge in [-0.15, -0.1) is 0 Å². The van der Waals surface area contributed by atoms with Gasteiger partial charge in [-0.2, -0.15) is 13.2 Å². The number of hydrogen-bond donors (Lipinski definition) is 3. The van der Waals surface area contributed by atoms with E-state index in [2.05, 4.69) is 16.7 Å². The summed E-state index contributed by atoms with van der Waals surface area (Å²) in [7, 11) is 1.38. The molecule has 5 rings (SSSR count). The summed E-state index contributed by atoms with van der Waals surface area (Å²) in [6.07, 6.45) is 0.464. The molecule has 0 aromatic heterocycles. The number of ether oxygens (including phenoxy) is 1. The molecule has 3 N–H and O–H groups in total. The van der Waals surface area contributed by atoms with Crippen LogP contribution in [0.15, 0.2) is 48.0 Å². The number of benzene rings is 2. The van der Waals surface area contributed by atoms with Gasteiger partial charge in [-0.1, -0.05) is 17.7 Å². The Labute approximate surface area is 227 Å². The Kier molecular flexibility index (Phi) is 7.32. The third kappa shape index (κ3) is 5.55. The number of fused-ring (bicyclic) bond motifs is 2. The summed E-state index contributed by atoms with van der Waals surface area (Å²) in [4.78, 5) is 38.3. The van der Waals surface area contributed by atoms with Crippen LogP contribution in [0.25, 0.3) is 0 Å². The third-order valence-corrected chi connectivity index (χ3v) is 7.95. The lowest BCUT2D eigenvalue weighted by Crippen LogP contribution is -2.48. The fraction of sp³-hybridized carbons (Fsp3) is 0.414. The lowest BCUT2D eigenvalue weighted by Gasteiger charge is -2.30. The third-order valence-electron chi connectivity index (χ3n) is 7.95. The fourth-order valence-corrected chi connectivity index (χ4v) is 6.05. The number of allylic oxidation sites excluding steroid dienone is 1. The first-order valence-corrected chi connectivity index (χ1v) is 13.0. The molecular formula is C29H28F4N2O5. The van der Waals surface area contributed by atoms with Crippen molar-refractivity contribution in [3.8, 4) is 5.75 Å². The van der Waals surface area contributed by atoms with Crippen LogP contribution in [0.4, 0.5) is 23.2 Å². The summed E-state index contributed by atoms with van der Waals surface area (Å²) in [6.45, 7) is 0. The van der Waals surface area contributed by atoms with Gasteiger partial charge in [0.1, 0.15) is 11.6 Å². The van der Waals surface area contributed by atoms with Crippen molar-refractivity contribution in [1.29, 1.82) is 0 Å². The number of rotatable bonds is 8. The van der Waals surface area contributed by atoms with Gasteiger partial charge in [0.15, 0.2) is 0 Å². The molecule has 2 aromatic carbocycles. The quantitative estimate of drug-likeness (QED) is 0.304. The van der Waals surface area contributed by atoms with Gasteiger partial charge in [-0.3, -0.25) is 14.4 Å². The molecule has 11 heteroatoms. The van der Waals surface area contributed by atoms with Crippen molar-refractivity contribution in [2.24, 2.45) is 23.7 Å². The van der Waals surface area contributed by atoms with E-state index < -0.39 is 47.3 Å². The number of carbonyl (C=O) groups excluding carboxylic acids is 2. The molecule has 0 spiro atoms. The van der Waals surface area contributed by atoms with E-state index in [1.165, 1.54) is 19.2 Å². The van der Waals surface area contributed by atoms with Gasteiger partial charge in [0.25, 0.3) is 5.91 Å². The number of alkyl halides is 3. The van der Waals surface area contributed by atoms with E-state index in [9.17, 15) is 31.9 Å². The van der Waals surface area contributed by atoms with Crippen molar-refractivity contribution in [2.45, 2.75) is 44.3 Å². The second-order valence-corrected chi connectivity index (χ2v) is 10.6. The van der Waals surface area contributed by atoms with Gasteiger partial charge in [-0.25, -0.2) is 4.39 Å². The van der Waals surface area contributed by atoms with Crippen LogP contribution >= 0.6 is 0 Å². The second-order valence-electron chi connectivity index (χ2n) is 10.6. The predicted octanol–water partition coefficient (Wildman–Crippen LogP) is 5.21. The van der Waals surface area contributed by atoms with Gasteiger partial charge >= 0.3 is 12.1 Å². The highest BCUT2D eigenvalue weighted by molar-refractivity contribution is 5.99. The zero-order valence-electron chi connectivity index (χ0n) is 21.6. The summed E-state index contributed by atoms with van der Waals surface area (Å²) in [5.74, 6) is -4.06. The van der Waals surface area contributed by atoms with Crippen molar-refractivity contribution in [1.82, 2.24) is 5.32 Å². The zero-order chi connectivity index (χ0) is 28.8. The molecule has 40 heavy (non-hydrogen) atoms. The van der Waals surface area contributed by atoms with Crippen molar-refractivity contribution >= 4 is 23.5 Å². The Balaban J connectivity index is 1.44. The minimum Gasteiger partial charge on any atom is -0.496 e. The highest BCUT2D eigenvalue weighted by Gasteiger charge is 2.55. The lowest BCUT2D eigenvalue weighted by atomic mass is 9.83. The molecule has 2 amide bonds. The van der Waals surface area contributed by atoms with E-state index in [0.29, 0.717) is 30.0 Å². The first-order chi connectivity index (χ1) is 19.0. The molecular weight excluding hydrogens is 532 g/mol. The molecule has 0 aliphatic heterocycles. The van der Waals surface area contributed by atoms with Gasteiger partial charge in [0, 0.05) is 17.6 Å². The highest BCUT2D eigenvalue weighted by atomic mass is 19.4. The molecule has 0 unspecified atom stereocenters. The first kappa shape index (κ1) is 27.7. The van der Waals surface area contributed by atoms with Crippen LogP contribution in [0.2, 0.25) is 0 Å². The first-order valence-electron chi connectivity index (χ1n) is 13.0. The van der Waals surface area contributed by atoms with Gasteiger partial charge in [0.2, 0.25) is 5.91 Å². The molecule has 2 bridgehead atoms. The monoisotopic (exact) mass is 560 g/mol. The van der Waals surface area contributed by atoms with Crippen LogP contribution < -0.4 is 15.4 Å². The smallest absolute Gasteiger partial charge is 0.419 e. The van der Waals surface area contributed by atoms with E-state index in [0.717, 1.165) is 30.9 Å². The summed E-state index contributed by atoms with van der Waals surface area (Å²) >= 11 is 0. The van der Waals surface area contributed by atoms with Crippen LogP contribution in [0, 0.1) is 29.5 Å². The van der Waals surface area contributed by atoms with Crippen molar-refractivity contribution in [3.63, 3.8) is 0 Å². The Bertz CT molecular complexity index is 1380.